The molecule has 2 rings (SSSR count). The number of hydrogen-bond acceptors (Lipinski definition) is 5. The quantitative estimate of drug-likeness (QED) is 0.878. The molecular formula is C13H11Cl2N3O3. The van der Waals surface area contributed by atoms with Crippen LogP contribution in [0.2, 0.25) is 10.0 Å². The Bertz CT molecular complexity index is 635. The number of ether oxygens (including phenoxy) is 2. The number of carbonyl (C=O) groups is 1. The molecule has 0 unspecified atom stereocenters. The summed E-state index contributed by atoms with van der Waals surface area (Å²) < 4.78 is 10.6. The van der Waals surface area contributed by atoms with Gasteiger partial charge in [-0.3, -0.25) is 9.78 Å². The molecule has 0 bridgehead atoms. The Morgan fingerprint density at radius 3 is 2.67 bits per heavy atom. The van der Waals surface area contributed by atoms with E-state index in [0.717, 1.165) is 0 Å². The highest BCUT2D eigenvalue weighted by atomic mass is 35.5. The van der Waals surface area contributed by atoms with Gasteiger partial charge < -0.3 is 15.2 Å². The molecule has 0 saturated carbocycles. The highest BCUT2D eigenvalue weighted by molar-refractivity contribution is 6.32. The Kier molecular flexibility index (Phi) is 5.19. The van der Waals surface area contributed by atoms with Crippen molar-refractivity contribution >= 4 is 29.1 Å². The Morgan fingerprint density at radius 1 is 1.19 bits per heavy atom. The lowest BCUT2D eigenvalue weighted by atomic mass is 10.3. The van der Waals surface area contributed by atoms with Crippen molar-refractivity contribution in [2.24, 2.45) is 5.73 Å². The van der Waals surface area contributed by atoms with Crippen LogP contribution in [0.15, 0.2) is 30.6 Å². The van der Waals surface area contributed by atoms with Crippen molar-refractivity contribution in [2.45, 2.75) is 6.61 Å². The summed E-state index contributed by atoms with van der Waals surface area (Å²) in [6.07, 6.45) is 2.89. The number of primary amides is 1. The highest BCUT2D eigenvalue weighted by Gasteiger charge is 2.07. The molecule has 0 saturated heterocycles. The number of nitrogens with two attached hydrogens (primary N) is 1. The molecule has 110 valence electrons. The zero-order chi connectivity index (χ0) is 15.2. The van der Waals surface area contributed by atoms with E-state index in [1.807, 2.05) is 0 Å². The van der Waals surface area contributed by atoms with Crippen LogP contribution < -0.4 is 15.2 Å². The molecule has 2 N–H and O–H groups in total. The van der Waals surface area contributed by atoms with E-state index in [-0.39, 0.29) is 19.1 Å². The van der Waals surface area contributed by atoms with Gasteiger partial charge in [0, 0.05) is 12.3 Å². The monoisotopic (exact) mass is 327 g/mol. The first-order valence-electron chi connectivity index (χ1n) is 5.84. The standard InChI is InChI=1S/C13H11Cl2N3O3/c14-8-1-2-9(17-4-8)6-20-11-3-13(18-5-10(11)15)21-7-12(16)19/h1-5H,6-7H2,(H2,16,19). The lowest BCUT2D eigenvalue weighted by molar-refractivity contribution is -0.120. The van der Waals surface area contributed by atoms with Crippen LogP contribution in [-0.2, 0) is 11.4 Å². The minimum atomic E-state index is -0.598. The number of rotatable bonds is 6. The summed E-state index contributed by atoms with van der Waals surface area (Å²) in [6, 6.07) is 4.92. The second kappa shape index (κ2) is 7.10. The largest absolute Gasteiger partial charge is 0.485 e. The van der Waals surface area contributed by atoms with Crippen molar-refractivity contribution in [3.05, 3.63) is 46.3 Å². The minimum absolute atomic E-state index is 0.192. The molecule has 2 aromatic rings. The first-order valence-corrected chi connectivity index (χ1v) is 6.60. The van der Waals surface area contributed by atoms with Gasteiger partial charge in [-0.05, 0) is 12.1 Å². The van der Waals surface area contributed by atoms with Gasteiger partial charge in [-0.1, -0.05) is 23.2 Å². The van der Waals surface area contributed by atoms with Crippen LogP contribution in [0.3, 0.4) is 0 Å². The predicted octanol–water partition coefficient (Wildman–Crippen LogP) is 2.23. The molecule has 6 nitrogen and oxygen atoms in total. The molecular weight excluding hydrogens is 317 g/mol. The van der Waals surface area contributed by atoms with Crippen LogP contribution in [0.1, 0.15) is 5.69 Å². The molecule has 8 heteroatoms. The second-order valence-corrected chi connectivity index (χ2v) is 4.81. The number of hydrogen-bond donors (Lipinski definition) is 1. The maximum atomic E-state index is 10.7. The van der Waals surface area contributed by atoms with Gasteiger partial charge >= 0.3 is 0 Å². The summed E-state index contributed by atoms with van der Waals surface area (Å²) in [5.74, 6) is -0.0419. The topological polar surface area (TPSA) is 87.3 Å². The normalized spacial score (nSPS) is 10.2. The van der Waals surface area contributed by atoms with Crippen molar-refractivity contribution in [3.8, 4) is 11.6 Å². The van der Waals surface area contributed by atoms with E-state index < -0.39 is 5.91 Å². The van der Waals surface area contributed by atoms with Gasteiger partial charge in [0.25, 0.3) is 5.91 Å². The minimum Gasteiger partial charge on any atom is -0.485 e. The van der Waals surface area contributed by atoms with E-state index in [1.54, 1.807) is 12.1 Å². The van der Waals surface area contributed by atoms with Crippen molar-refractivity contribution < 1.29 is 14.3 Å². The molecule has 0 aliphatic heterocycles. The molecule has 0 radical (unpaired) electrons. The first kappa shape index (κ1) is 15.3. The Balaban J connectivity index is 2.02. The van der Waals surface area contributed by atoms with E-state index in [4.69, 9.17) is 38.4 Å². The third kappa shape index (κ3) is 4.77. The van der Waals surface area contributed by atoms with Crippen LogP contribution in [0.4, 0.5) is 0 Å². The van der Waals surface area contributed by atoms with Crippen molar-refractivity contribution in [1.82, 2.24) is 9.97 Å². The summed E-state index contributed by atoms with van der Waals surface area (Å²) in [5, 5.41) is 0.859. The number of amides is 1. The van der Waals surface area contributed by atoms with E-state index >= 15 is 0 Å². The van der Waals surface area contributed by atoms with Gasteiger partial charge in [0.15, 0.2) is 6.61 Å². The molecule has 0 aliphatic carbocycles. The number of pyridine rings is 2. The summed E-state index contributed by atoms with van der Waals surface area (Å²) in [6.45, 7) is -0.0665. The Hall–Kier alpha value is -2.05. The summed E-state index contributed by atoms with van der Waals surface area (Å²) in [7, 11) is 0. The molecule has 0 fully saturated rings. The van der Waals surface area contributed by atoms with Crippen LogP contribution in [0.5, 0.6) is 11.6 Å². The third-order valence-corrected chi connectivity index (χ3v) is 2.83. The van der Waals surface area contributed by atoms with Gasteiger partial charge in [-0.2, -0.15) is 0 Å². The van der Waals surface area contributed by atoms with Crippen LogP contribution >= 0.6 is 23.2 Å². The van der Waals surface area contributed by atoms with E-state index in [2.05, 4.69) is 9.97 Å². The van der Waals surface area contributed by atoms with Gasteiger partial charge in [0.05, 0.1) is 16.9 Å². The fourth-order valence-electron chi connectivity index (χ4n) is 1.38. The SMILES string of the molecule is NC(=O)COc1cc(OCc2ccc(Cl)cn2)c(Cl)cn1. The lowest BCUT2D eigenvalue weighted by Crippen LogP contribution is -2.20. The number of halogens is 2. The zero-order valence-electron chi connectivity index (χ0n) is 10.8. The molecule has 21 heavy (non-hydrogen) atoms. The summed E-state index contributed by atoms with van der Waals surface area (Å²) in [5.41, 5.74) is 5.67. The maximum absolute atomic E-state index is 10.7. The number of carbonyl (C=O) groups excluding carboxylic acids is 1. The summed E-state index contributed by atoms with van der Waals surface area (Å²) in [4.78, 5) is 18.7. The van der Waals surface area contributed by atoms with Gasteiger partial charge in [-0.25, -0.2) is 4.98 Å². The van der Waals surface area contributed by atoms with E-state index in [9.17, 15) is 4.79 Å². The molecule has 2 aromatic heterocycles. The molecule has 0 spiro atoms. The molecule has 2 heterocycles. The van der Waals surface area contributed by atoms with Gasteiger partial charge in [0.1, 0.15) is 17.4 Å². The third-order valence-electron chi connectivity index (χ3n) is 2.32. The Morgan fingerprint density at radius 2 is 2.00 bits per heavy atom. The molecule has 1 amide bonds. The number of nitrogens with zero attached hydrogens (tertiary/aromatic N) is 2. The smallest absolute Gasteiger partial charge is 0.255 e. The molecule has 0 aromatic carbocycles. The first-order chi connectivity index (χ1) is 10.0. The van der Waals surface area contributed by atoms with Crippen molar-refractivity contribution in [2.75, 3.05) is 6.61 Å². The average molecular weight is 328 g/mol. The highest BCUT2D eigenvalue weighted by Crippen LogP contribution is 2.27. The van der Waals surface area contributed by atoms with Crippen molar-refractivity contribution in [3.63, 3.8) is 0 Å². The second-order valence-electron chi connectivity index (χ2n) is 3.96. The lowest BCUT2D eigenvalue weighted by Gasteiger charge is -2.09. The fraction of sp³-hybridized carbons (Fsp3) is 0.154. The van der Waals surface area contributed by atoms with Crippen LogP contribution in [-0.4, -0.2) is 22.5 Å². The van der Waals surface area contributed by atoms with Gasteiger partial charge in [0.2, 0.25) is 5.88 Å². The summed E-state index contributed by atoms with van der Waals surface area (Å²) >= 11 is 11.7. The van der Waals surface area contributed by atoms with Gasteiger partial charge in [-0.15, -0.1) is 0 Å². The number of aromatic nitrogens is 2. The van der Waals surface area contributed by atoms with E-state index in [0.29, 0.717) is 21.5 Å². The maximum Gasteiger partial charge on any atom is 0.255 e. The van der Waals surface area contributed by atoms with E-state index in [1.165, 1.54) is 18.5 Å². The molecule has 0 aliphatic rings. The molecule has 0 atom stereocenters. The zero-order valence-corrected chi connectivity index (χ0v) is 12.3. The average Bonchev–Trinajstić information content (AvgIpc) is 2.46. The Labute approximate surface area is 130 Å². The fourth-order valence-corrected chi connectivity index (χ4v) is 1.65. The van der Waals surface area contributed by atoms with Crippen molar-refractivity contribution in [1.29, 1.82) is 0 Å². The van der Waals surface area contributed by atoms with Crippen LogP contribution in [0, 0.1) is 0 Å². The predicted molar refractivity (Wildman–Crippen MR) is 77.5 cm³/mol. The van der Waals surface area contributed by atoms with Crippen LogP contribution in [0.25, 0.3) is 0 Å².